The van der Waals surface area contributed by atoms with E-state index in [-0.39, 0.29) is 55.4 Å². The van der Waals surface area contributed by atoms with Crippen LogP contribution in [0.4, 0.5) is 8.78 Å². The van der Waals surface area contributed by atoms with Crippen molar-refractivity contribution >= 4 is 23.6 Å². The van der Waals surface area contributed by atoms with Crippen LogP contribution in [0.25, 0.3) is 0 Å². The van der Waals surface area contributed by atoms with Crippen LogP contribution in [0.2, 0.25) is 0 Å². The first kappa shape index (κ1) is 23.4. The van der Waals surface area contributed by atoms with Gasteiger partial charge in [0.05, 0.1) is 24.3 Å². The van der Waals surface area contributed by atoms with Gasteiger partial charge in [0.15, 0.2) is 5.16 Å². The largest absolute Gasteiger partial charge is 0.390 e. The minimum Gasteiger partial charge on any atom is -0.390 e. The zero-order valence-corrected chi connectivity index (χ0v) is 17.9. The summed E-state index contributed by atoms with van der Waals surface area (Å²) < 4.78 is 27.5. The molecule has 0 aliphatic carbocycles. The maximum Gasteiger partial charge on any atom is 0.240 e. The smallest absolute Gasteiger partial charge is 0.240 e. The maximum atomic E-state index is 13.0. The van der Waals surface area contributed by atoms with Gasteiger partial charge in [-0.25, -0.2) is 13.8 Å². The molecule has 168 valence electrons. The third kappa shape index (κ3) is 6.89. The number of thioether (sulfide) groups is 1. The van der Waals surface area contributed by atoms with Crippen LogP contribution < -0.4 is 10.6 Å². The van der Waals surface area contributed by atoms with Gasteiger partial charge in [-0.2, -0.15) is 0 Å². The summed E-state index contributed by atoms with van der Waals surface area (Å²) in [6, 6.07) is 11.6. The lowest BCUT2D eigenvalue weighted by Crippen LogP contribution is -2.28. The van der Waals surface area contributed by atoms with Gasteiger partial charge < -0.3 is 20.3 Å². The lowest BCUT2D eigenvalue weighted by molar-refractivity contribution is -0.122. The van der Waals surface area contributed by atoms with Crippen molar-refractivity contribution in [3.63, 3.8) is 0 Å². The lowest BCUT2D eigenvalue weighted by atomic mass is 10.2. The number of imidazole rings is 1. The standard InChI is InChI=1S/C22H22F2N4O3S/c23-17-5-1-15(2-6-17)9-25-20(30)12-28-19(13-29)11-27-22(28)32-14-21(31)26-10-16-3-7-18(24)8-4-16/h1-8,11,29H,9-10,12-14H2,(H,25,30)(H,26,31). The number of aliphatic hydroxyl groups excluding tert-OH is 1. The molecule has 0 spiro atoms. The van der Waals surface area contributed by atoms with Gasteiger partial charge in [0.2, 0.25) is 11.8 Å². The highest BCUT2D eigenvalue weighted by molar-refractivity contribution is 7.99. The molecule has 0 fully saturated rings. The predicted molar refractivity (Wildman–Crippen MR) is 115 cm³/mol. The van der Waals surface area contributed by atoms with Crippen molar-refractivity contribution in [1.82, 2.24) is 20.2 Å². The molecule has 0 radical (unpaired) electrons. The highest BCUT2D eigenvalue weighted by Gasteiger charge is 2.15. The van der Waals surface area contributed by atoms with Crippen LogP contribution in [0.5, 0.6) is 0 Å². The van der Waals surface area contributed by atoms with Crippen molar-refractivity contribution in [2.45, 2.75) is 31.4 Å². The topological polar surface area (TPSA) is 96.2 Å². The van der Waals surface area contributed by atoms with Gasteiger partial charge in [-0.3, -0.25) is 9.59 Å². The number of carbonyl (C=O) groups is 2. The van der Waals surface area contributed by atoms with E-state index in [9.17, 15) is 23.5 Å². The van der Waals surface area contributed by atoms with Crippen molar-refractivity contribution in [3.05, 3.63) is 83.2 Å². The number of hydrogen-bond donors (Lipinski definition) is 3. The molecule has 3 N–H and O–H groups in total. The van der Waals surface area contributed by atoms with Gasteiger partial charge in [0.25, 0.3) is 0 Å². The van der Waals surface area contributed by atoms with E-state index in [2.05, 4.69) is 15.6 Å². The van der Waals surface area contributed by atoms with Crippen LogP contribution in [0, 0.1) is 11.6 Å². The van der Waals surface area contributed by atoms with Gasteiger partial charge in [0, 0.05) is 13.1 Å². The second kappa shape index (κ2) is 11.4. The van der Waals surface area contributed by atoms with E-state index in [4.69, 9.17) is 0 Å². The van der Waals surface area contributed by atoms with Crippen LogP contribution in [-0.2, 0) is 35.8 Å². The molecule has 0 aliphatic rings. The fourth-order valence-electron chi connectivity index (χ4n) is 2.79. The van der Waals surface area contributed by atoms with Crippen molar-refractivity contribution in [2.75, 3.05) is 5.75 Å². The molecule has 1 heterocycles. The summed E-state index contributed by atoms with van der Waals surface area (Å²) in [6.07, 6.45) is 1.45. The molecule has 3 aromatic rings. The van der Waals surface area contributed by atoms with E-state index in [1.807, 2.05) is 0 Å². The number of nitrogens with one attached hydrogen (secondary N) is 2. The molecule has 32 heavy (non-hydrogen) atoms. The fraction of sp³-hybridized carbons (Fsp3) is 0.227. The van der Waals surface area contributed by atoms with E-state index >= 15 is 0 Å². The Bertz CT molecular complexity index is 1060. The molecule has 3 rings (SSSR count). The number of halogens is 2. The number of carbonyl (C=O) groups excluding carboxylic acids is 2. The Morgan fingerprint density at radius 3 is 1.97 bits per heavy atom. The van der Waals surface area contributed by atoms with Gasteiger partial charge in [0.1, 0.15) is 18.2 Å². The zero-order valence-electron chi connectivity index (χ0n) is 17.1. The minimum atomic E-state index is -0.352. The van der Waals surface area contributed by atoms with Gasteiger partial charge in [-0.15, -0.1) is 0 Å². The molecule has 0 unspecified atom stereocenters. The van der Waals surface area contributed by atoms with Gasteiger partial charge in [-0.1, -0.05) is 36.0 Å². The molecule has 0 atom stereocenters. The van der Waals surface area contributed by atoms with Crippen molar-refractivity contribution in [1.29, 1.82) is 0 Å². The van der Waals surface area contributed by atoms with Gasteiger partial charge in [-0.05, 0) is 35.4 Å². The van der Waals surface area contributed by atoms with E-state index in [0.717, 1.165) is 22.9 Å². The SMILES string of the molecule is O=C(CSc1ncc(CO)n1CC(=O)NCc1ccc(F)cc1)NCc1ccc(F)cc1. The molecule has 0 saturated heterocycles. The summed E-state index contributed by atoms with van der Waals surface area (Å²) in [4.78, 5) is 28.7. The van der Waals surface area contributed by atoms with E-state index < -0.39 is 0 Å². The quantitative estimate of drug-likeness (QED) is 0.404. The number of rotatable bonds is 10. The van der Waals surface area contributed by atoms with Crippen LogP contribution in [-0.4, -0.2) is 32.2 Å². The highest BCUT2D eigenvalue weighted by Crippen LogP contribution is 2.19. The minimum absolute atomic E-state index is 0.0558. The molecule has 2 amide bonds. The summed E-state index contributed by atoms with van der Waals surface area (Å²) in [5, 5.41) is 15.4. The van der Waals surface area contributed by atoms with Crippen LogP contribution in [0.1, 0.15) is 16.8 Å². The molecule has 0 bridgehead atoms. The summed E-state index contributed by atoms with van der Waals surface area (Å²) in [5.41, 5.74) is 1.96. The van der Waals surface area contributed by atoms with Crippen molar-refractivity contribution < 1.29 is 23.5 Å². The molecule has 0 aliphatic heterocycles. The summed E-state index contributed by atoms with van der Waals surface area (Å²) >= 11 is 1.13. The lowest BCUT2D eigenvalue weighted by Gasteiger charge is -2.11. The monoisotopic (exact) mass is 460 g/mol. The number of aromatic nitrogens is 2. The third-order valence-corrected chi connectivity index (χ3v) is 5.49. The fourth-order valence-corrected chi connectivity index (χ4v) is 3.62. The number of nitrogens with zero attached hydrogens (tertiary/aromatic N) is 2. The predicted octanol–water partition coefficient (Wildman–Crippen LogP) is 2.38. The molecule has 2 aromatic carbocycles. The highest BCUT2D eigenvalue weighted by atomic mass is 32.2. The Hall–Kier alpha value is -3.24. The number of benzene rings is 2. The first-order chi connectivity index (χ1) is 15.4. The summed E-state index contributed by atoms with van der Waals surface area (Å²) in [7, 11) is 0. The third-order valence-electron chi connectivity index (χ3n) is 4.50. The van der Waals surface area contributed by atoms with Crippen molar-refractivity contribution in [3.8, 4) is 0 Å². The van der Waals surface area contributed by atoms with Gasteiger partial charge >= 0.3 is 0 Å². The molecule has 10 heteroatoms. The van der Waals surface area contributed by atoms with Crippen LogP contribution >= 0.6 is 11.8 Å². The average molecular weight is 461 g/mol. The molecule has 7 nitrogen and oxygen atoms in total. The van der Waals surface area contributed by atoms with Crippen LogP contribution in [0.15, 0.2) is 59.9 Å². The summed E-state index contributed by atoms with van der Waals surface area (Å²) in [6.45, 7) is 0.102. The van der Waals surface area contributed by atoms with E-state index in [1.165, 1.54) is 35.0 Å². The molecule has 1 aromatic heterocycles. The normalized spacial score (nSPS) is 10.7. The molecular weight excluding hydrogens is 438 g/mol. The Morgan fingerprint density at radius 2 is 1.44 bits per heavy atom. The maximum absolute atomic E-state index is 13.0. The first-order valence-electron chi connectivity index (χ1n) is 9.75. The first-order valence-corrected chi connectivity index (χ1v) is 10.7. The second-order valence-corrected chi connectivity index (χ2v) is 7.81. The summed E-state index contributed by atoms with van der Waals surface area (Å²) in [5.74, 6) is -1.21. The number of aliphatic hydroxyl groups is 1. The Kier molecular flexibility index (Phi) is 8.34. The Morgan fingerprint density at radius 1 is 0.906 bits per heavy atom. The number of hydrogen-bond acceptors (Lipinski definition) is 5. The Balaban J connectivity index is 1.51. The zero-order chi connectivity index (χ0) is 22.9. The molecular formula is C22H22F2N4O3S. The second-order valence-electron chi connectivity index (χ2n) is 6.87. The number of amides is 2. The van der Waals surface area contributed by atoms with Crippen molar-refractivity contribution in [2.24, 2.45) is 0 Å². The van der Waals surface area contributed by atoms with Crippen LogP contribution in [0.3, 0.4) is 0 Å². The van der Waals surface area contributed by atoms with E-state index in [1.54, 1.807) is 24.3 Å². The average Bonchev–Trinajstić information content (AvgIpc) is 3.18. The Labute approximate surface area is 187 Å². The van der Waals surface area contributed by atoms with E-state index in [0.29, 0.717) is 10.9 Å². The molecule has 0 saturated carbocycles.